The van der Waals surface area contributed by atoms with Crippen LogP contribution in [0.5, 0.6) is 5.75 Å². The fourth-order valence-corrected chi connectivity index (χ4v) is 5.18. The van der Waals surface area contributed by atoms with Gasteiger partial charge < -0.3 is 14.2 Å². The van der Waals surface area contributed by atoms with Gasteiger partial charge in [0.25, 0.3) is 5.91 Å². The fraction of sp³-hybridized carbons (Fsp3) is 0.381. The van der Waals surface area contributed by atoms with Crippen LogP contribution in [0.1, 0.15) is 12.5 Å². The number of methoxy groups -OCH3 is 1. The highest BCUT2D eigenvalue weighted by Gasteiger charge is 2.45. The van der Waals surface area contributed by atoms with E-state index in [1.807, 2.05) is 0 Å². The van der Waals surface area contributed by atoms with Crippen LogP contribution in [0.2, 0.25) is 0 Å². The van der Waals surface area contributed by atoms with Crippen LogP contribution in [0.25, 0.3) is 0 Å². The van der Waals surface area contributed by atoms with Crippen molar-refractivity contribution in [1.29, 1.82) is 0 Å². The summed E-state index contributed by atoms with van der Waals surface area (Å²) in [5.41, 5.74) is 2.27. The number of benzene rings is 2. The Hall–Kier alpha value is -2.57. The molecule has 0 aromatic heterocycles. The van der Waals surface area contributed by atoms with Crippen molar-refractivity contribution in [3.63, 3.8) is 0 Å². The average molecular weight is 469 g/mol. The van der Waals surface area contributed by atoms with Crippen LogP contribution < -0.4 is 10.2 Å². The van der Waals surface area contributed by atoms with E-state index in [9.17, 15) is 17.6 Å². The number of hydroxylamine groups is 1. The van der Waals surface area contributed by atoms with E-state index in [-0.39, 0.29) is 30.5 Å². The lowest BCUT2D eigenvalue weighted by Crippen LogP contribution is -2.61. The number of sulfonamides is 1. The van der Waals surface area contributed by atoms with Crippen LogP contribution in [0.4, 0.5) is 4.39 Å². The van der Waals surface area contributed by atoms with E-state index in [1.54, 1.807) is 19.1 Å². The summed E-state index contributed by atoms with van der Waals surface area (Å²) in [6.07, 6.45) is -1.39. The van der Waals surface area contributed by atoms with Crippen LogP contribution >= 0.6 is 0 Å². The van der Waals surface area contributed by atoms with Gasteiger partial charge >= 0.3 is 0 Å². The molecule has 2 aromatic rings. The van der Waals surface area contributed by atoms with Gasteiger partial charge in [-0.25, -0.2) is 18.3 Å². The minimum Gasteiger partial charge on any atom is -0.489 e. The van der Waals surface area contributed by atoms with Crippen molar-refractivity contribution in [2.24, 2.45) is 0 Å². The molecule has 1 aliphatic heterocycles. The van der Waals surface area contributed by atoms with E-state index in [0.29, 0.717) is 5.75 Å². The fourth-order valence-electron chi connectivity index (χ4n) is 3.50. The Balaban J connectivity index is 1.79. The topological polar surface area (TPSA) is 114 Å². The second-order valence-corrected chi connectivity index (χ2v) is 9.19. The van der Waals surface area contributed by atoms with Gasteiger partial charge in [-0.15, -0.1) is 0 Å². The van der Waals surface area contributed by atoms with Crippen molar-refractivity contribution >= 4 is 15.9 Å². The van der Waals surface area contributed by atoms with E-state index in [4.69, 9.17) is 19.4 Å². The molecule has 174 valence electrons. The van der Waals surface area contributed by atoms with Gasteiger partial charge in [0.2, 0.25) is 10.0 Å². The first-order valence-electron chi connectivity index (χ1n) is 9.83. The summed E-state index contributed by atoms with van der Waals surface area (Å²) < 4.78 is 57.0. The van der Waals surface area contributed by atoms with Crippen molar-refractivity contribution in [3.05, 3.63) is 59.9 Å². The molecule has 0 aliphatic carbocycles. The van der Waals surface area contributed by atoms with Gasteiger partial charge in [0.15, 0.2) is 0 Å². The van der Waals surface area contributed by atoms with Crippen LogP contribution in [0.15, 0.2) is 53.4 Å². The number of hydrogen-bond acceptors (Lipinski definition) is 7. The first-order chi connectivity index (χ1) is 15.3. The number of halogens is 1. The highest BCUT2D eigenvalue weighted by molar-refractivity contribution is 7.89. The van der Waals surface area contributed by atoms with Gasteiger partial charge in [0.05, 0.1) is 23.7 Å². The molecule has 1 heterocycles. The number of carbonyl (C=O) groups excluding carboxylic acids is 1. The van der Waals surface area contributed by atoms with E-state index in [0.717, 1.165) is 9.87 Å². The summed E-state index contributed by atoms with van der Waals surface area (Å²) in [6, 6.07) is 10.3. The lowest BCUT2D eigenvalue weighted by molar-refractivity contribution is -0.151. The summed E-state index contributed by atoms with van der Waals surface area (Å²) in [6.45, 7) is 1.75. The summed E-state index contributed by atoms with van der Waals surface area (Å²) in [5, 5.41) is 9.09. The van der Waals surface area contributed by atoms with E-state index < -0.39 is 34.2 Å². The van der Waals surface area contributed by atoms with Crippen LogP contribution in [-0.2, 0) is 30.9 Å². The molecule has 1 fully saturated rings. The molecule has 2 aromatic carbocycles. The average Bonchev–Trinajstić information content (AvgIpc) is 2.78. The molecule has 1 saturated heterocycles. The van der Waals surface area contributed by atoms with Gasteiger partial charge in [0.1, 0.15) is 24.2 Å². The van der Waals surface area contributed by atoms with Crippen LogP contribution in [0, 0.1) is 5.82 Å². The van der Waals surface area contributed by atoms with Gasteiger partial charge in [-0.1, -0.05) is 12.1 Å². The van der Waals surface area contributed by atoms with Crippen molar-refractivity contribution in [2.45, 2.75) is 36.7 Å². The molecule has 1 amide bonds. The SMILES string of the molecule is COC[C@H]1CN(S(=O)(=O)c2ccc(OCc3ccc(F)cc3)cc2)[C@@H](C(=O)NO)[C@H](C)O1. The monoisotopic (exact) mass is 468 g/mol. The molecule has 0 radical (unpaired) electrons. The minimum atomic E-state index is -4.11. The maximum atomic E-state index is 13.3. The van der Waals surface area contributed by atoms with Crippen molar-refractivity contribution in [3.8, 4) is 5.75 Å². The number of morpholine rings is 1. The van der Waals surface area contributed by atoms with Crippen LogP contribution in [-0.4, -0.2) is 62.3 Å². The molecule has 0 bridgehead atoms. The molecule has 3 rings (SSSR count). The third-order valence-corrected chi connectivity index (χ3v) is 6.89. The Morgan fingerprint density at radius 2 is 1.88 bits per heavy atom. The standard InChI is InChI=1S/C21H25FN2O7S/c1-14-20(21(25)23-26)24(11-18(31-14)13-29-2)32(27,28)19-9-7-17(8-10-19)30-12-15-3-5-16(22)6-4-15/h3-10,14,18,20,26H,11-13H2,1-2H3,(H,23,25)/t14-,18+,20+/m0/s1. The Kier molecular flexibility index (Phi) is 7.80. The zero-order chi connectivity index (χ0) is 23.3. The highest BCUT2D eigenvalue weighted by Crippen LogP contribution is 2.28. The highest BCUT2D eigenvalue weighted by atomic mass is 32.2. The maximum absolute atomic E-state index is 13.3. The zero-order valence-corrected chi connectivity index (χ0v) is 18.4. The number of nitrogens with zero attached hydrogens (tertiary/aromatic N) is 1. The number of amides is 1. The van der Waals surface area contributed by atoms with Gasteiger partial charge in [-0.05, 0) is 48.9 Å². The van der Waals surface area contributed by atoms with E-state index in [1.165, 1.54) is 49.0 Å². The predicted molar refractivity (Wildman–Crippen MR) is 111 cm³/mol. The number of hydrogen-bond donors (Lipinski definition) is 2. The molecule has 11 heteroatoms. The molecule has 3 atom stereocenters. The molecular formula is C21H25FN2O7S. The number of carbonyl (C=O) groups is 1. The molecule has 0 saturated carbocycles. The second-order valence-electron chi connectivity index (χ2n) is 7.30. The van der Waals surface area contributed by atoms with Crippen LogP contribution in [0.3, 0.4) is 0 Å². The Labute approximate surface area is 185 Å². The third kappa shape index (κ3) is 5.43. The minimum absolute atomic E-state index is 0.0485. The molecule has 9 nitrogen and oxygen atoms in total. The largest absolute Gasteiger partial charge is 0.489 e. The summed E-state index contributed by atoms with van der Waals surface area (Å²) in [5.74, 6) is -0.816. The lowest BCUT2D eigenvalue weighted by Gasteiger charge is -2.41. The molecule has 1 aliphatic rings. The predicted octanol–water partition coefficient (Wildman–Crippen LogP) is 1.70. The van der Waals surface area contributed by atoms with Crippen molar-refractivity contribution in [1.82, 2.24) is 9.79 Å². The van der Waals surface area contributed by atoms with Gasteiger partial charge in [0, 0.05) is 13.7 Å². The molecule has 2 N–H and O–H groups in total. The van der Waals surface area contributed by atoms with Crippen molar-refractivity contribution in [2.75, 3.05) is 20.3 Å². The van der Waals surface area contributed by atoms with Gasteiger partial charge in [-0.2, -0.15) is 4.31 Å². The molecule has 0 unspecified atom stereocenters. The summed E-state index contributed by atoms with van der Waals surface area (Å²) in [4.78, 5) is 12.2. The Morgan fingerprint density at radius 3 is 2.47 bits per heavy atom. The smallest absolute Gasteiger partial charge is 0.264 e. The quantitative estimate of drug-likeness (QED) is 0.448. The number of ether oxygens (including phenoxy) is 3. The number of nitrogens with one attached hydrogen (secondary N) is 1. The summed E-state index contributed by atoms with van der Waals surface area (Å²) >= 11 is 0. The van der Waals surface area contributed by atoms with Crippen molar-refractivity contribution < 1.29 is 37.0 Å². The molecule has 32 heavy (non-hydrogen) atoms. The Bertz CT molecular complexity index is 1020. The lowest BCUT2D eigenvalue weighted by atomic mass is 10.1. The second kappa shape index (κ2) is 10.4. The summed E-state index contributed by atoms with van der Waals surface area (Å²) in [7, 11) is -2.65. The first-order valence-corrected chi connectivity index (χ1v) is 11.3. The number of rotatable bonds is 8. The normalized spacial score (nSPS) is 21.8. The first kappa shape index (κ1) is 24.1. The Morgan fingerprint density at radius 1 is 1.22 bits per heavy atom. The molecular weight excluding hydrogens is 443 g/mol. The molecule has 0 spiro atoms. The van der Waals surface area contributed by atoms with E-state index >= 15 is 0 Å². The van der Waals surface area contributed by atoms with Gasteiger partial charge in [-0.3, -0.25) is 10.0 Å². The zero-order valence-electron chi connectivity index (χ0n) is 17.6. The third-order valence-electron chi connectivity index (χ3n) is 5.03. The maximum Gasteiger partial charge on any atom is 0.264 e. The van der Waals surface area contributed by atoms with E-state index in [2.05, 4.69) is 0 Å².